The summed E-state index contributed by atoms with van der Waals surface area (Å²) in [5.74, 6) is 0. The molecule has 15 heavy (non-hydrogen) atoms. The van der Waals surface area contributed by atoms with Gasteiger partial charge in [-0.25, -0.2) is 4.79 Å². The third-order valence-corrected chi connectivity index (χ3v) is 2.83. The van der Waals surface area contributed by atoms with Crippen LogP contribution in [0.4, 0.5) is 4.79 Å². The Morgan fingerprint density at radius 2 is 2.00 bits per heavy atom. The molecule has 2 N–H and O–H groups in total. The summed E-state index contributed by atoms with van der Waals surface area (Å²) in [4.78, 5) is 12.1. The van der Waals surface area contributed by atoms with Crippen LogP contribution in [0.25, 0.3) is 0 Å². The zero-order valence-corrected chi connectivity index (χ0v) is 9.86. The summed E-state index contributed by atoms with van der Waals surface area (Å²) in [7, 11) is 1.61. The van der Waals surface area contributed by atoms with E-state index in [2.05, 4.69) is 41.2 Å². The molecule has 0 heterocycles. The molecule has 4 heteroatoms. The van der Waals surface area contributed by atoms with Crippen LogP contribution in [0.15, 0.2) is 29.2 Å². The third-order valence-electron chi connectivity index (χ3n) is 2.09. The van der Waals surface area contributed by atoms with Crippen LogP contribution in [-0.2, 0) is 6.42 Å². The molecule has 0 aliphatic heterocycles. The number of benzene rings is 1. The molecule has 82 valence electrons. The lowest BCUT2D eigenvalue weighted by atomic mass is 10.1. The maximum absolute atomic E-state index is 10.9. The Labute approximate surface area is 94.6 Å². The molecule has 0 atom stereocenters. The highest BCUT2D eigenvalue weighted by Gasteiger charge is 1.96. The normalized spacial score (nSPS) is 9.73. The first-order valence-corrected chi connectivity index (χ1v) is 6.07. The lowest BCUT2D eigenvalue weighted by molar-refractivity contribution is 0.243. The topological polar surface area (TPSA) is 41.1 Å². The molecule has 0 radical (unpaired) electrons. The van der Waals surface area contributed by atoms with Gasteiger partial charge in [0.2, 0.25) is 0 Å². The summed E-state index contributed by atoms with van der Waals surface area (Å²) >= 11 is 1.73. The Bertz CT molecular complexity index is 311. The molecule has 0 spiro atoms. The molecule has 1 aromatic rings. The first-order valence-electron chi connectivity index (χ1n) is 4.84. The Kier molecular flexibility index (Phi) is 5.04. The Morgan fingerprint density at radius 1 is 1.33 bits per heavy atom. The zero-order valence-electron chi connectivity index (χ0n) is 9.04. The molecular formula is C11H16N2OS. The van der Waals surface area contributed by atoms with E-state index in [1.807, 2.05) is 0 Å². The predicted molar refractivity (Wildman–Crippen MR) is 64.4 cm³/mol. The molecule has 0 aliphatic carbocycles. The molecule has 3 nitrogen and oxygen atoms in total. The van der Waals surface area contributed by atoms with Gasteiger partial charge >= 0.3 is 6.03 Å². The van der Waals surface area contributed by atoms with Gasteiger partial charge in [0.05, 0.1) is 0 Å². The van der Waals surface area contributed by atoms with Gasteiger partial charge in [0.25, 0.3) is 0 Å². The van der Waals surface area contributed by atoms with Crippen LogP contribution in [-0.4, -0.2) is 25.9 Å². The van der Waals surface area contributed by atoms with Gasteiger partial charge < -0.3 is 10.6 Å². The Morgan fingerprint density at radius 3 is 2.53 bits per heavy atom. The monoisotopic (exact) mass is 224 g/mol. The fourth-order valence-electron chi connectivity index (χ4n) is 1.20. The SMILES string of the molecule is CNC(=O)NCCc1ccc(SC)cc1. The van der Waals surface area contributed by atoms with Gasteiger partial charge in [-0.05, 0) is 30.4 Å². The van der Waals surface area contributed by atoms with Gasteiger partial charge in [0.15, 0.2) is 0 Å². The summed E-state index contributed by atoms with van der Waals surface area (Å²) in [5, 5.41) is 5.27. The first kappa shape index (κ1) is 11.9. The quantitative estimate of drug-likeness (QED) is 0.767. The minimum Gasteiger partial charge on any atom is -0.341 e. The number of amides is 2. The largest absolute Gasteiger partial charge is 0.341 e. The summed E-state index contributed by atoms with van der Waals surface area (Å²) in [6.45, 7) is 0.665. The molecule has 1 aromatic carbocycles. The van der Waals surface area contributed by atoms with Crippen molar-refractivity contribution in [2.75, 3.05) is 19.8 Å². The van der Waals surface area contributed by atoms with E-state index in [1.165, 1.54) is 10.5 Å². The van der Waals surface area contributed by atoms with Gasteiger partial charge in [0, 0.05) is 18.5 Å². The van der Waals surface area contributed by atoms with Crippen molar-refractivity contribution < 1.29 is 4.79 Å². The van der Waals surface area contributed by atoms with E-state index in [1.54, 1.807) is 18.8 Å². The molecule has 0 fully saturated rings. The maximum Gasteiger partial charge on any atom is 0.314 e. The van der Waals surface area contributed by atoms with Gasteiger partial charge in [-0.2, -0.15) is 0 Å². The molecular weight excluding hydrogens is 208 g/mol. The van der Waals surface area contributed by atoms with E-state index >= 15 is 0 Å². The van der Waals surface area contributed by atoms with Crippen LogP contribution in [0.3, 0.4) is 0 Å². The van der Waals surface area contributed by atoms with Crippen LogP contribution < -0.4 is 10.6 Å². The van der Waals surface area contributed by atoms with Gasteiger partial charge in [0.1, 0.15) is 0 Å². The highest BCUT2D eigenvalue weighted by atomic mass is 32.2. The van der Waals surface area contributed by atoms with Crippen molar-refractivity contribution in [1.82, 2.24) is 10.6 Å². The van der Waals surface area contributed by atoms with E-state index in [9.17, 15) is 4.79 Å². The molecule has 0 saturated carbocycles. The number of rotatable bonds is 4. The number of hydrogen-bond acceptors (Lipinski definition) is 2. The van der Waals surface area contributed by atoms with Crippen molar-refractivity contribution in [2.45, 2.75) is 11.3 Å². The van der Waals surface area contributed by atoms with Crippen LogP contribution in [0.1, 0.15) is 5.56 Å². The Balaban J connectivity index is 2.34. The van der Waals surface area contributed by atoms with E-state index < -0.39 is 0 Å². The van der Waals surface area contributed by atoms with Crippen molar-refractivity contribution in [2.24, 2.45) is 0 Å². The van der Waals surface area contributed by atoms with Gasteiger partial charge in [-0.3, -0.25) is 0 Å². The lowest BCUT2D eigenvalue weighted by Gasteiger charge is -2.04. The first-order chi connectivity index (χ1) is 7.26. The van der Waals surface area contributed by atoms with Crippen LogP contribution in [0, 0.1) is 0 Å². The lowest BCUT2D eigenvalue weighted by Crippen LogP contribution is -2.33. The smallest absolute Gasteiger partial charge is 0.314 e. The standard InChI is InChI=1S/C11H16N2OS/c1-12-11(14)13-8-7-9-3-5-10(15-2)6-4-9/h3-6H,7-8H2,1-2H3,(H2,12,13,14). The van der Waals surface area contributed by atoms with Crippen molar-refractivity contribution in [3.05, 3.63) is 29.8 Å². The summed E-state index contributed by atoms with van der Waals surface area (Å²) in [6, 6.07) is 8.25. The van der Waals surface area contributed by atoms with Gasteiger partial charge in [-0.15, -0.1) is 11.8 Å². The second-order valence-corrected chi connectivity index (χ2v) is 3.98. The minimum atomic E-state index is -0.129. The van der Waals surface area contributed by atoms with Crippen LogP contribution >= 0.6 is 11.8 Å². The van der Waals surface area contributed by atoms with Crippen molar-refractivity contribution in [3.63, 3.8) is 0 Å². The average molecular weight is 224 g/mol. The number of carbonyl (C=O) groups excluding carboxylic acids is 1. The van der Waals surface area contributed by atoms with Crippen molar-refractivity contribution >= 4 is 17.8 Å². The zero-order chi connectivity index (χ0) is 11.1. The molecule has 2 amide bonds. The Hall–Kier alpha value is -1.16. The number of urea groups is 1. The second-order valence-electron chi connectivity index (χ2n) is 3.10. The fourth-order valence-corrected chi connectivity index (χ4v) is 1.61. The molecule has 0 unspecified atom stereocenters. The molecule has 0 bridgehead atoms. The molecule has 0 aliphatic rings. The number of thioether (sulfide) groups is 1. The molecule has 0 saturated heterocycles. The van der Waals surface area contributed by atoms with Gasteiger partial charge in [-0.1, -0.05) is 12.1 Å². The number of carbonyl (C=O) groups is 1. The highest BCUT2D eigenvalue weighted by Crippen LogP contribution is 2.14. The fraction of sp³-hybridized carbons (Fsp3) is 0.364. The molecule has 0 aromatic heterocycles. The predicted octanol–water partition coefficient (Wildman–Crippen LogP) is 1.88. The third kappa shape index (κ3) is 4.25. The average Bonchev–Trinajstić information content (AvgIpc) is 2.29. The van der Waals surface area contributed by atoms with E-state index in [-0.39, 0.29) is 6.03 Å². The van der Waals surface area contributed by atoms with E-state index in [0.717, 1.165) is 6.42 Å². The molecule has 1 rings (SSSR count). The van der Waals surface area contributed by atoms with E-state index in [0.29, 0.717) is 6.54 Å². The van der Waals surface area contributed by atoms with Crippen molar-refractivity contribution in [3.8, 4) is 0 Å². The summed E-state index contributed by atoms with van der Waals surface area (Å²) in [6.07, 6.45) is 2.92. The van der Waals surface area contributed by atoms with Crippen LogP contribution in [0.5, 0.6) is 0 Å². The minimum absolute atomic E-state index is 0.129. The maximum atomic E-state index is 10.9. The summed E-state index contributed by atoms with van der Waals surface area (Å²) < 4.78 is 0. The second kappa shape index (κ2) is 6.35. The van der Waals surface area contributed by atoms with Crippen LogP contribution in [0.2, 0.25) is 0 Å². The van der Waals surface area contributed by atoms with Crippen molar-refractivity contribution in [1.29, 1.82) is 0 Å². The number of nitrogens with one attached hydrogen (secondary N) is 2. The highest BCUT2D eigenvalue weighted by molar-refractivity contribution is 7.98. The van der Waals surface area contributed by atoms with E-state index in [4.69, 9.17) is 0 Å². The number of hydrogen-bond donors (Lipinski definition) is 2. The summed E-state index contributed by atoms with van der Waals surface area (Å²) in [5.41, 5.74) is 1.24.